The lowest BCUT2D eigenvalue weighted by Gasteiger charge is -2.22. The summed E-state index contributed by atoms with van der Waals surface area (Å²) in [6, 6.07) is 2.78. The van der Waals surface area contributed by atoms with E-state index in [1.54, 1.807) is 4.90 Å². The van der Waals surface area contributed by atoms with Gasteiger partial charge in [-0.3, -0.25) is 19.2 Å². The Morgan fingerprint density at radius 2 is 1.66 bits per heavy atom. The molecule has 0 aromatic carbocycles. The minimum atomic E-state index is -2.25. The molecule has 2 aliphatic carbocycles. The van der Waals surface area contributed by atoms with Gasteiger partial charge in [-0.15, -0.1) is 0 Å². The zero-order chi connectivity index (χ0) is 36.0. The number of nitrogens with one attached hydrogen (secondary N) is 2. The zero-order valence-electron chi connectivity index (χ0n) is 28.6. The van der Waals surface area contributed by atoms with Gasteiger partial charge in [0, 0.05) is 40.0 Å². The maximum Gasteiger partial charge on any atom is 0.248 e. The van der Waals surface area contributed by atoms with Gasteiger partial charge in [0.2, 0.25) is 31.1 Å². The summed E-state index contributed by atoms with van der Waals surface area (Å²) in [5.74, 6) is -0.526. The van der Waals surface area contributed by atoms with Crippen LogP contribution in [-0.2, 0) is 19.2 Å². The molecule has 4 aliphatic rings. The Morgan fingerprint density at radius 1 is 1.13 bits per heavy atom. The quantitative estimate of drug-likeness (QED) is 0.332. The fourth-order valence-electron chi connectivity index (χ4n) is 4.86. The first-order chi connectivity index (χ1) is 22.3. The highest BCUT2D eigenvalue weighted by Gasteiger charge is 2.43. The summed E-state index contributed by atoms with van der Waals surface area (Å²) in [5, 5.41) is 22.0. The Balaban J connectivity index is 0. The largest absolute Gasteiger partial charge is 0.504 e. The average molecular weight is 673 g/mol. The molecule has 47 heavy (non-hydrogen) atoms. The monoisotopic (exact) mass is 672 g/mol. The van der Waals surface area contributed by atoms with E-state index in [-0.39, 0.29) is 38.6 Å². The first-order valence-corrected chi connectivity index (χ1v) is 16.2. The van der Waals surface area contributed by atoms with Crippen LogP contribution in [0.15, 0.2) is 12.3 Å². The number of anilines is 1. The molecule has 268 valence electrons. The highest BCUT2D eigenvalue weighted by Crippen LogP contribution is 2.40. The molecule has 14 heteroatoms. The van der Waals surface area contributed by atoms with Gasteiger partial charge in [0.1, 0.15) is 11.9 Å². The number of aromatic hydroxyl groups is 1. The number of halogens is 3. The van der Waals surface area contributed by atoms with E-state index >= 15 is 0 Å². The molecular formula is C33H55F3N6O5. The summed E-state index contributed by atoms with van der Waals surface area (Å²) in [6.45, 7) is 15.3. The summed E-state index contributed by atoms with van der Waals surface area (Å²) in [5.41, 5.74) is 0. The molecule has 11 nitrogen and oxygen atoms in total. The molecule has 4 atom stereocenters. The van der Waals surface area contributed by atoms with E-state index < -0.39 is 17.5 Å². The standard InChI is InChI=1S/C11H18N2O2.C7H10N2O.C6H5FN2O2.C4H10.C3H4F2.C2H6.H2/c14-8-12-5-11(15)13-6-9-3-1-2-4-10(9)7-13;1-6-2-7(3-8)9(4-6)5-10;7-4-1-5(11)6(8-2-4)9-3-10;1-4(2)3;4-3(5)1-2-3;1-2;/h8-10H,1-7H2,(H,12,14);5-7H,2,4H2,1H3;1-3,11H,(H,8,9,10);4H,1-3H3;1-2H2;1-2H3;1H/t;6?,7-;;;;;/m.0...../s1. The number of nitriles is 1. The number of hydrogen-bond acceptors (Lipinski definition) is 7. The number of hydrogen-bond donors (Lipinski definition) is 3. The molecule has 3 heterocycles. The third-order valence-electron chi connectivity index (χ3n) is 7.16. The van der Waals surface area contributed by atoms with Crippen molar-refractivity contribution < 1.29 is 38.9 Å². The first kappa shape index (κ1) is 43.1. The molecule has 0 bridgehead atoms. The number of amides is 4. The highest BCUT2D eigenvalue weighted by molar-refractivity contribution is 5.80. The van der Waals surface area contributed by atoms with Crippen LogP contribution in [0.4, 0.5) is 19.0 Å². The summed E-state index contributed by atoms with van der Waals surface area (Å²) < 4.78 is 34.5. The van der Waals surface area contributed by atoms with Crippen molar-refractivity contribution in [3.05, 3.63) is 18.1 Å². The van der Waals surface area contributed by atoms with Gasteiger partial charge >= 0.3 is 0 Å². The summed E-state index contributed by atoms with van der Waals surface area (Å²) in [4.78, 5) is 48.8. The molecule has 2 saturated heterocycles. The van der Waals surface area contributed by atoms with Gasteiger partial charge in [0.15, 0.2) is 11.6 Å². The van der Waals surface area contributed by atoms with Crippen molar-refractivity contribution in [2.24, 2.45) is 23.7 Å². The van der Waals surface area contributed by atoms with Gasteiger partial charge in [-0.05, 0) is 42.9 Å². The number of aromatic nitrogens is 1. The van der Waals surface area contributed by atoms with Crippen LogP contribution in [0.25, 0.3) is 0 Å². The van der Waals surface area contributed by atoms with Crippen LogP contribution in [-0.4, -0.2) is 83.2 Å². The number of likely N-dealkylation sites (tertiary alicyclic amines) is 2. The van der Waals surface area contributed by atoms with Gasteiger partial charge in [-0.25, -0.2) is 18.2 Å². The number of nitrogens with zero attached hydrogens (tertiary/aromatic N) is 4. The lowest BCUT2D eigenvalue weighted by molar-refractivity contribution is -0.130. The summed E-state index contributed by atoms with van der Waals surface area (Å²) in [7, 11) is 0. The van der Waals surface area contributed by atoms with Crippen LogP contribution in [0.1, 0.15) is 87.9 Å². The maximum absolute atomic E-state index is 12.2. The second kappa shape index (κ2) is 23.4. The third kappa shape index (κ3) is 18.7. The van der Waals surface area contributed by atoms with Crippen LogP contribution >= 0.6 is 0 Å². The second-order valence-corrected chi connectivity index (χ2v) is 12.3. The molecule has 4 fully saturated rings. The fraction of sp³-hybridized carbons (Fsp3) is 0.697. The molecule has 3 unspecified atom stereocenters. The van der Waals surface area contributed by atoms with E-state index in [2.05, 4.69) is 42.5 Å². The van der Waals surface area contributed by atoms with Crippen molar-refractivity contribution in [3.63, 3.8) is 0 Å². The van der Waals surface area contributed by atoms with E-state index in [4.69, 9.17) is 10.4 Å². The predicted octanol–water partition coefficient (Wildman–Crippen LogP) is 5.60. The second-order valence-electron chi connectivity index (χ2n) is 12.3. The zero-order valence-corrected chi connectivity index (χ0v) is 28.6. The lowest BCUT2D eigenvalue weighted by Crippen LogP contribution is -2.36. The molecule has 4 amide bonds. The van der Waals surface area contributed by atoms with E-state index in [0.29, 0.717) is 18.7 Å². The fourth-order valence-corrected chi connectivity index (χ4v) is 4.86. The van der Waals surface area contributed by atoms with Crippen LogP contribution in [0.3, 0.4) is 0 Å². The number of pyridine rings is 1. The Hall–Kier alpha value is -3.89. The average Bonchev–Trinajstić information content (AvgIpc) is 3.40. The Kier molecular flexibility index (Phi) is 21.5. The number of carbonyl (C=O) groups excluding carboxylic acids is 4. The molecule has 5 rings (SSSR count). The summed E-state index contributed by atoms with van der Waals surface area (Å²) >= 11 is 0. The topological polar surface area (TPSA) is 156 Å². The molecule has 1 aromatic rings. The number of rotatable bonds is 6. The highest BCUT2D eigenvalue weighted by atomic mass is 19.3. The molecule has 3 N–H and O–H groups in total. The molecule has 1 aromatic heterocycles. The molecule has 2 aliphatic heterocycles. The van der Waals surface area contributed by atoms with E-state index in [0.717, 1.165) is 62.5 Å². The Labute approximate surface area is 278 Å². The molecule has 2 saturated carbocycles. The van der Waals surface area contributed by atoms with E-state index in [1.165, 1.54) is 25.7 Å². The van der Waals surface area contributed by atoms with Crippen molar-refractivity contribution in [2.75, 3.05) is 31.5 Å². The Morgan fingerprint density at radius 3 is 2.04 bits per heavy atom. The normalized spacial score (nSPS) is 22.5. The van der Waals surface area contributed by atoms with Crippen LogP contribution in [0, 0.1) is 40.8 Å². The SMILES string of the molecule is CC.CC(C)C.CC1C[C@@H](C#N)N(C=O)C1.FC1(F)CC1.O=CNCC(=O)N1CC2CCCCC2C1.O=CNc1ncc(F)cc1O.[HH]. The van der Waals surface area contributed by atoms with Gasteiger partial charge in [0.25, 0.3) is 0 Å². The van der Waals surface area contributed by atoms with Crippen LogP contribution < -0.4 is 10.6 Å². The van der Waals surface area contributed by atoms with Gasteiger partial charge < -0.3 is 25.5 Å². The minimum Gasteiger partial charge on any atom is -0.504 e. The van der Waals surface area contributed by atoms with Crippen molar-refractivity contribution in [3.8, 4) is 11.8 Å². The Bertz CT molecular complexity index is 1100. The minimum absolute atomic E-state index is 0. The first-order valence-electron chi connectivity index (χ1n) is 16.2. The van der Waals surface area contributed by atoms with Crippen LogP contribution in [0.2, 0.25) is 0 Å². The van der Waals surface area contributed by atoms with Gasteiger partial charge in [-0.1, -0.05) is 54.4 Å². The van der Waals surface area contributed by atoms with Crippen molar-refractivity contribution in [1.82, 2.24) is 20.1 Å². The summed E-state index contributed by atoms with van der Waals surface area (Å²) in [6.07, 6.45) is 8.83. The van der Waals surface area contributed by atoms with Crippen molar-refractivity contribution in [1.29, 1.82) is 5.26 Å². The maximum atomic E-state index is 12.2. The molecule has 0 spiro atoms. The lowest BCUT2D eigenvalue weighted by atomic mass is 9.82. The molecule has 0 radical (unpaired) electrons. The van der Waals surface area contributed by atoms with Crippen molar-refractivity contribution in [2.45, 2.75) is 98.5 Å². The number of carbonyl (C=O) groups is 4. The van der Waals surface area contributed by atoms with Crippen molar-refractivity contribution >= 4 is 31.0 Å². The number of fused-ring (bicyclic) bond motifs is 1. The predicted molar refractivity (Wildman–Crippen MR) is 176 cm³/mol. The molecular weight excluding hydrogens is 617 g/mol. The smallest absolute Gasteiger partial charge is 0.248 e. The third-order valence-corrected chi connectivity index (χ3v) is 7.16. The van der Waals surface area contributed by atoms with E-state index in [9.17, 15) is 32.3 Å². The number of alkyl halides is 2. The van der Waals surface area contributed by atoms with Gasteiger partial charge in [0.05, 0.1) is 18.8 Å². The van der Waals surface area contributed by atoms with Gasteiger partial charge in [-0.2, -0.15) is 5.26 Å². The van der Waals surface area contributed by atoms with Crippen LogP contribution in [0.5, 0.6) is 5.75 Å². The van der Waals surface area contributed by atoms with E-state index in [1.807, 2.05) is 25.7 Å².